The van der Waals surface area contributed by atoms with Crippen molar-refractivity contribution in [3.8, 4) is 5.88 Å². The maximum atomic E-state index is 12.6. The third-order valence-electron chi connectivity index (χ3n) is 4.57. The third kappa shape index (κ3) is 6.51. The summed E-state index contributed by atoms with van der Waals surface area (Å²) in [6.45, 7) is 9.65. The summed E-state index contributed by atoms with van der Waals surface area (Å²) in [7, 11) is 0. The standard InChI is InChI=1S/C19H31N3O2S/c1-4-22(5-2)12-7-8-15(3)21-18(23)17-9-6-11-20-19(17)24-16-10-13-25-14-16/h6,9,11,15-16H,4-5,7-8,10,12-14H2,1-3H3,(H,21,23). The van der Waals surface area contributed by atoms with E-state index in [1.807, 2.05) is 11.8 Å². The lowest BCUT2D eigenvalue weighted by atomic mass is 10.1. The van der Waals surface area contributed by atoms with Gasteiger partial charge in [-0.15, -0.1) is 0 Å². The van der Waals surface area contributed by atoms with Crippen LogP contribution in [0.1, 0.15) is 50.4 Å². The van der Waals surface area contributed by atoms with Crippen molar-refractivity contribution in [2.75, 3.05) is 31.1 Å². The third-order valence-corrected chi connectivity index (χ3v) is 5.70. The fraction of sp³-hybridized carbons (Fsp3) is 0.684. The highest BCUT2D eigenvalue weighted by Gasteiger charge is 2.22. The molecule has 1 aromatic heterocycles. The van der Waals surface area contributed by atoms with E-state index in [1.54, 1.807) is 18.3 Å². The highest BCUT2D eigenvalue weighted by atomic mass is 32.2. The number of ether oxygens (including phenoxy) is 1. The van der Waals surface area contributed by atoms with Gasteiger partial charge < -0.3 is 15.0 Å². The van der Waals surface area contributed by atoms with Crippen molar-refractivity contribution in [3.63, 3.8) is 0 Å². The monoisotopic (exact) mass is 365 g/mol. The van der Waals surface area contributed by atoms with Crippen molar-refractivity contribution >= 4 is 17.7 Å². The number of hydrogen-bond acceptors (Lipinski definition) is 5. The van der Waals surface area contributed by atoms with E-state index in [9.17, 15) is 4.79 Å². The van der Waals surface area contributed by atoms with Gasteiger partial charge in [0.25, 0.3) is 5.91 Å². The van der Waals surface area contributed by atoms with E-state index in [4.69, 9.17) is 4.74 Å². The zero-order chi connectivity index (χ0) is 18.1. The topological polar surface area (TPSA) is 54.5 Å². The van der Waals surface area contributed by atoms with Crippen molar-refractivity contribution in [3.05, 3.63) is 23.9 Å². The Kier molecular flexibility index (Phi) is 8.55. The Morgan fingerprint density at radius 3 is 2.96 bits per heavy atom. The van der Waals surface area contributed by atoms with E-state index in [2.05, 4.69) is 36.0 Å². The Hall–Kier alpha value is -1.27. The van der Waals surface area contributed by atoms with E-state index < -0.39 is 0 Å². The second-order valence-corrected chi connectivity index (χ2v) is 7.65. The van der Waals surface area contributed by atoms with Crippen molar-refractivity contribution in [2.45, 2.75) is 52.2 Å². The van der Waals surface area contributed by atoms with Crippen LogP contribution in [0, 0.1) is 0 Å². The maximum absolute atomic E-state index is 12.6. The van der Waals surface area contributed by atoms with Crippen LogP contribution in [0.15, 0.2) is 18.3 Å². The number of amides is 1. The molecule has 6 heteroatoms. The number of nitrogens with one attached hydrogen (secondary N) is 1. The molecule has 2 unspecified atom stereocenters. The first-order valence-corrected chi connectivity index (χ1v) is 10.5. The average Bonchev–Trinajstić information content (AvgIpc) is 3.12. The zero-order valence-corrected chi connectivity index (χ0v) is 16.5. The predicted octanol–water partition coefficient (Wildman–Crippen LogP) is 3.21. The molecule has 5 nitrogen and oxygen atoms in total. The lowest BCUT2D eigenvalue weighted by Gasteiger charge is -2.20. The second kappa shape index (κ2) is 10.7. The molecule has 0 radical (unpaired) electrons. The van der Waals surface area contributed by atoms with Gasteiger partial charge in [0.2, 0.25) is 5.88 Å². The fourth-order valence-electron chi connectivity index (χ4n) is 2.96. The summed E-state index contributed by atoms with van der Waals surface area (Å²) in [6.07, 6.45) is 4.92. The van der Waals surface area contributed by atoms with Crippen molar-refractivity contribution in [2.24, 2.45) is 0 Å². The average molecular weight is 366 g/mol. The van der Waals surface area contributed by atoms with E-state index >= 15 is 0 Å². The predicted molar refractivity (Wildman–Crippen MR) is 105 cm³/mol. The molecule has 1 aliphatic rings. The first-order chi connectivity index (χ1) is 12.1. The van der Waals surface area contributed by atoms with Crippen LogP contribution in [0.5, 0.6) is 5.88 Å². The smallest absolute Gasteiger partial charge is 0.256 e. The molecular weight excluding hydrogens is 334 g/mol. The van der Waals surface area contributed by atoms with Gasteiger partial charge in [-0.3, -0.25) is 4.79 Å². The molecule has 2 atom stereocenters. The molecule has 1 amide bonds. The zero-order valence-electron chi connectivity index (χ0n) is 15.7. The van der Waals surface area contributed by atoms with Gasteiger partial charge in [-0.1, -0.05) is 13.8 Å². The highest BCUT2D eigenvalue weighted by molar-refractivity contribution is 7.99. The van der Waals surface area contributed by atoms with Gasteiger partial charge in [0.05, 0.1) is 0 Å². The van der Waals surface area contributed by atoms with Crippen LogP contribution in [0.2, 0.25) is 0 Å². The van der Waals surface area contributed by atoms with Crippen LogP contribution in [0.3, 0.4) is 0 Å². The van der Waals surface area contributed by atoms with Crippen LogP contribution in [-0.2, 0) is 0 Å². The molecule has 1 fully saturated rings. The van der Waals surface area contributed by atoms with Gasteiger partial charge in [0.1, 0.15) is 11.7 Å². The molecule has 0 aromatic carbocycles. The molecule has 0 aliphatic carbocycles. The fourth-order valence-corrected chi connectivity index (χ4v) is 4.05. The first kappa shape index (κ1) is 20.0. The van der Waals surface area contributed by atoms with E-state index in [0.717, 1.165) is 50.4 Å². The molecule has 0 saturated carbocycles. The Bertz CT molecular complexity index is 531. The Balaban J connectivity index is 1.85. The summed E-state index contributed by atoms with van der Waals surface area (Å²) < 4.78 is 5.95. The number of aromatic nitrogens is 1. The number of pyridine rings is 1. The largest absolute Gasteiger partial charge is 0.473 e. The van der Waals surface area contributed by atoms with Gasteiger partial charge in [0, 0.05) is 18.0 Å². The van der Waals surface area contributed by atoms with E-state index in [0.29, 0.717) is 11.4 Å². The molecule has 25 heavy (non-hydrogen) atoms. The van der Waals surface area contributed by atoms with Crippen LogP contribution in [0.25, 0.3) is 0 Å². The molecular formula is C19H31N3O2S. The Labute approximate surface area is 155 Å². The SMILES string of the molecule is CCN(CC)CCCC(C)NC(=O)c1cccnc1OC1CCSC1. The van der Waals surface area contributed by atoms with E-state index in [1.165, 1.54) is 0 Å². The highest BCUT2D eigenvalue weighted by Crippen LogP contribution is 2.24. The molecule has 1 aromatic rings. The van der Waals surface area contributed by atoms with Crippen molar-refractivity contribution in [1.29, 1.82) is 0 Å². The summed E-state index contributed by atoms with van der Waals surface area (Å²) in [6, 6.07) is 3.72. The van der Waals surface area contributed by atoms with Crippen molar-refractivity contribution < 1.29 is 9.53 Å². The van der Waals surface area contributed by atoms with Gasteiger partial charge in [0.15, 0.2) is 0 Å². The molecule has 0 spiro atoms. The lowest BCUT2D eigenvalue weighted by Crippen LogP contribution is -2.34. The number of rotatable bonds is 10. The number of carbonyl (C=O) groups excluding carboxylic acids is 1. The molecule has 1 N–H and O–H groups in total. The van der Waals surface area contributed by atoms with Gasteiger partial charge in [-0.2, -0.15) is 11.8 Å². The summed E-state index contributed by atoms with van der Waals surface area (Å²) in [5, 5.41) is 3.09. The Morgan fingerprint density at radius 2 is 2.28 bits per heavy atom. The molecule has 0 bridgehead atoms. The Morgan fingerprint density at radius 1 is 1.48 bits per heavy atom. The summed E-state index contributed by atoms with van der Waals surface area (Å²) in [5.41, 5.74) is 0.537. The normalized spacial score (nSPS) is 18.3. The number of carbonyl (C=O) groups is 1. The number of nitrogens with zero attached hydrogens (tertiary/aromatic N) is 2. The van der Waals surface area contributed by atoms with Crippen molar-refractivity contribution in [1.82, 2.24) is 15.2 Å². The molecule has 1 aliphatic heterocycles. The van der Waals surface area contributed by atoms with Gasteiger partial charge >= 0.3 is 0 Å². The molecule has 2 heterocycles. The molecule has 1 saturated heterocycles. The number of hydrogen-bond donors (Lipinski definition) is 1. The summed E-state index contributed by atoms with van der Waals surface area (Å²) in [4.78, 5) is 19.3. The minimum atomic E-state index is -0.0934. The van der Waals surface area contributed by atoms with Crippen LogP contribution in [0.4, 0.5) is 0 Å². The van der Waals surface area contributed by atoms with Crippen LogP contribution in [-0.4, -0.2) is 59.1 Å². The lowest BCUT2D eigenvalue weighted by molar-refractivity contribution is 0.0929. The van der Waals surface area contributed by atoms with E-state index in [-0.39, 0.29) is 18.1 Å². The van der Waals surface area contributed by atoms with Gasteiger partial charge in [-0.25, -0.2) is 4.98 Å². The molecule has 140 valence electrons. The molecule has 2 rings (SSSR count). The van der Waals surface area contributed by atoms with Crippen LogP contribution < -0.4 is 10.1 Å². The number of thioether (sulfide) groups is 1. The minimum absolute atomic E-state index is 0.0934. The quantitative estimate of drug-likeness (QED) is 0.690. The minimum Gasteiger partial charge on any atom is -0.473 e. The maximum Gasteiger partial charge on any atom is 0.256 e. The summed E-state index contributed by atoms with van der Waals surface area (Å²) >= 11 is 1.88. The summed E-state index contributed by atoms with van der Waals surface area (Å²) in [5.74, 6) is 2.45. The second-order valence-electron chi connectivity index (χ2n) is 6.50. The van der Waals surface area contributed by atoms with Crippen LogP contribution >= 0.6 is 11.8 Å². The first-order valence-electron chi connectivity index (χ1n) is 9.36. The van der Waals surface area contributed by atoms with Gasteiger partial charge in [-0.05, 0) is 63.7 Å².